The summed E-state index contributed by atoms with van der Waals surface area (Å²) in [5, 5.41) is 0. The number of hydrogen-bond donors (Lipinski definition) is 1. The van der Waals surface area contributed by atoms with Gasteiger partial charge in [0.2, 0.25) is 5.95 Å². The van der Waals surface area contributed by atoms with E-state index in [1.807, 2.05) is 24.3 Å². The zero-order chi connectivity index (χ0) is 19.8. The number of rotatable bonds is 3. The van der Waals surface area contributed by atoms with Gasteiger partial charge in [0.1, 0.15) is 6.10 Å². The minimum absolute atomic E-state index is 0.0938. The fourth-order valence-electron chi connectivity index (χ4n) is 3.67. The van der Waals surface area contributed by atoms with Crippen molar-refractivity contribution in [2.45, 2.75) is 6.10 Å². The molecule has 0 radical (unpaired) electrons. The van der Waals surface area contributed by atoms with Crippen molar-refractivity contribution in [3.05, 3.63) is 71.0 Å². The molecular weight excluding hydrogens is 368 g/mol. The van der Waals surface area contributed by atoms with Gasteiger partial charge in [0, 0.05) is 37.6 Å². The van der Waals surface area contributed by atoms with Crippen molar-refractivity contribution in [3.63, 3.8) is 0 Å². The highest BCUT2D eigenvalue weighted by Crippen LogP contribution is 2.27. The van der Waals surface area contributed by atoms with Gasteiger partial charge >= 0.3 is 0 Å². The topological polar surface area (TPSA) is 88.9 Å². The van der Waals surface area contributed by atoms with Gasteiger partial charge in [-0.25, -0.2) is 9.97 Å². The first-order valence-electron chi connectivity index (χ1n) is 9.47. The molecule has 1 aliphatic rings. The average molecular weight is 388 g/mol. The molecule has 5 rings (SSSR count). The molecule has 1 N–H and O–H groups in total. The van der Waals surface area contributed by atoms with E-state index in [0.29, 0.717) is 31.3 Å². The molecule has 146 valence electrons. The molecule has 0 saturated carbocycles. The molecule has 0 amide bonds. The van der Waals surface area contributed by atoms with E-state index < -0.39 is 0 Å². The first-order chi connectivity index (χ1) is 14.2. The summed E-state index contributed by atoms with van der Waals surface area (Å²) in [5.41, 5.74) is 4.40. The van der Waals surface area contributed by atoms with Gasteiger partial charge in [-0.15, -0.1) is 0 Å². The fraction of sp³-hybridized carbons (Fsp3) is 0.238. The number of nitrogens with one attached hydrogen (secondary N) is 1. The third-order valence-corrected chi connectivity index (χ3v) is 5.25. The number of aromatic nitrogens is 5. The molecule has 1 fully saturated rings. The Morgan fingerprint density at radius 3 is 2.90 bits per heavy atom. The van der Waals surface area contributed by atoms with Gasteiger partial charge in [-0.2, -0.15) is 0 Å². The second-order valence-corrected chi connectivity index (χ2v) is 7.06. The first-order valence-corrected chi connectivity index (χ1v) is 9.47. The molecule has 29 heavy (non-hydrogen) atoms. The molecule has 1 aromatic carbocycles. The lowest BCUT2D eigenvalue weighted by Crippen LogP contribution is -2.41. The number of anilines is 1. The minimum Gasteiger partial charge on any atom is -0.370 e. The number of aromatic amines is 1. The number of ether oxygens (including phenoxy) is 1. The third kappa shape index (κ3) is 3.27. The lowest BCUT2D eigenvalue weighted by molar-refractivity contribution is 0.0390. The molecular formula is C21H20N6O2. The van der Waals surface area contributed by atoms with Gasteiger partial charge < -0.3 is 14.6 Å². The number of hydrogen-bond acceptors (Lipinski definition) is 6. The van der Waals surface area contributed by atoms with Crippen LogP contribution < -0.4 is 10.5 Å². The smallest absolute Gasteiger partial charge is 0.255 e. The Morgan fingerprint density at radius 2 is 2.03 bits per heavy atom. The quantitative estimate of drug-likeness (QED) is 0.579. The Bertz CT molecular complexity index is 1220. The normalized spacial score (nSPS) is 17.0. The maximum atomic E-state index is 12.6. The molecule has 1 unspecified atom stereocenters. The van der Waals surface area contributed by atoms with Crippen LogP contribution in [0.4, 0.5) is 5.95 Å². The predicted octanol–water partition coefficient (Wildman–Crippen LogP) is 2.30. The Kier molecular flexibility index (Phi) is 4.33. The molecule has 4 heterocycles. The van der Waals surface area contributed by atoms with E-state index in [4.69, 9.17) is 9.72 Å². The molecule has 3 aromatic heterocycles. The Labute approximate surface area is 166 Å². The second kappa shape index (κ2) is 7.14. The molecule has 1 saturated heterocycles. The van der Waals surface area contributed by atoms with Crippen LogP contribution in [0.3, 0.4) is 0 Å². The summed E-state index contributed by atoms with van der Waals surface area (Å²) in [6.45, 7) is 1.84. The van der Waals surface area contributed by atoms with Gasteiger partial charge in [-0.05, 0) is 29.8 Å². The summed E-state index contributed by atoms with van der Waals surface area (Å²) in [7, 11) is 1.75. The number of fused-ring (bicyclic) bond motifs is 1. The Hall–Kier alpha value is -3.52. The number of imidazole rings is 1. The predicted molar refractivity (Wildman–Crippen MR) is 110 cm³/mol. The molecule has 1 atom stereocenters. The summed E-state index contributed by atoms with van der Waals surface area (Å²) >= 11 is 0. The summed E-state index contributed by atoms with van der Waals surface area (Å²) in [6.07, 6.45) is 4.97. The van der Waals surface area contributed by atoms with Crippen LogP contribution in [-0.2, 0) is 11.8 Å². The number of H-pyrrole nitrogens is 1. The molecule has 0 spiro atoms. The highest BCUT2D eigenvalue weighted by molar-refractivity contribution is 5.75. The molecule has 4 aromatic rings. The molecule has 0 bridgehead atoms. The van der Waals surface area contributed by atoms with Crippen LogP contribution in [0, 0.1) is 0 Å². The molecule has 8 nitrogen and oxygen atoms in total. The number of morpholine rings is 1. The zero-order valence-corrected chi connectivity index (χ0v) is 15.9. The fourth-order valence-corrected chi connectivity index (χ4v) is 3.67. The van der Waals surface area contributed by atoms with E-state index in [9.17, 15) is 4.79 Å². The van der Waals surface area contributed by atoms with Crippen molar-refractivity contribution >= 4 is 17.0 Å². The number of benzene rings is 1. The van der Waals surface area contributed by atoms with Crippen LogP contribution in [0.2, 0.25) is 0 Å². The van der Waals surface area contributed by atoms with Gasteiger partial charge in [-0.3, -0.25) is 14.3 Å². The van der Waals surface area contributed by atoms with Crippen LogP contribution in [0.25, 0.3) is 22.3 Å². The number of nitrogens with zero attached hydrogens (tertiary/aromatic N) is 5. The summed E-state index contributed by atoms with van der Waals surface area (Å²) in [6, 6.07) is 11.4. The van der Waals surface area contributed by atoms with Crippen molar-refractivity contribution in [1.29, 1.82) is 0 Å². The van der Waals surface area contributed by atoms with E-state index in [0.717, 1.165) is 22.2 Å². The second-order valence-electron chi connectivity index (χ2n) is 7.06. The van der Waals surface area contributed by atoms with E-state index in [-0.39, 0.29) is 11.7 Å². The maximum absolute atomic E-state index is 12.6. The van der Waals surface area contributed by atoms with E-state index in [1.54, 1.807) is 36.4 Å². The minimum atomic E-state index is -0.113. The summed E-state index contributed by atoms with van der Waals surface area (Å²) in [4.78, 5) is 30.9. The highest BCUT2D eigenvalue weighted by atomic mass is 16.5. The zero-order valence-electron chi connectivity index (χ0n) is 15.9. The maximum Gasteiger partial charge on any atom is 0.255 e. The Morgan fingerprint density at radius 1 is 1.17 bits per heavy atom. The van der Waals surface area contributed by atoms with Crippen molar-refractivity contribution in [3.8, 4) is 11.3 Å². The van der Waals surface area contributed by atoms with Gasteiger partial charge in [-0.1, -0.05) is 6.07 Å². The van der Waals surface area contributed by atoms with Crippen molar-refractivity contribution in [2.75, 3.05) is 24.6 Å². The lowest BCUT2D eigenvalue weighted by Gasteiger charge is -2.34. The molecule has 8 heteroatoms. The van der Waals surface area contributed by atoms with Crippen molar-refractivity contribution in [2.24, 2.45) is 7.05 Å². The van der Waals surface area contributed by atoms with E-state index in [1.165, 1.54) is 0 Å². The van der Waals surface area contributed by atoms with Crippen molar-refractivity contribution in [1.82, 2.24) is 24.5 Å². The van der Waals surface area contributed by atoms with E-state index >= 15 is 0 Å². The summed E-state index contributed by atoms with van der Waals surface area (Å²) < 4.78 is 7.62. The van der Waals surface area contributed by atoms with Gasteiger partial charge in [0.15, 0.2) is 0 Å². The van der Waals surface area contributed by atoms with Crippen LogP contribution in [0.5, 0.6) is 0 Å². The lowest BCUT2D eigenvalue weighted by atomic mass is 10.1. The largest absolute Gasteiger partial charge is 0.370 e. The molecule has 0 aliphatic carbocycles. The Balaban J connectivity index is 1.48. The van der Waals surface area contributed by atoms with Crippen molar-refractivity contribution < 1.29 is 4.74 Å². The third-order valence-electron chi connectivity index (χ3n) is 5.25. The SMILES string of the molecule is Cn1c(N2CCOC(c3ccc4nc[nH]c4c3)C2)nc(-c2ccncc2)cc1=O. The van der Waals surface area contributed by atoms with Crippen LogP contribution >= 0.6 is 0 Å². The molecule has 1 aliphatic heterocycles. The van der Waals surface area contributed by atoms with Gasteiger partial charge in [0.25, 0.3) is 5.56 Å². The number of pyridine rings is 1. The highest BCUT2D eigenvalue weighted by Gasteiger charge is 2.25. The first kappa shape index (κ1) is 17.6. The van der Waals surface area contributed by atoms with Crippen LogP contribution in [0.15, 0.2) is 59.9 Å². The average Bonchev–Trinajstić information content (AvgIpc) is 3.24. The monoisotopic (exact) mass is 388 g/mol. The summed E-state index contributed by atoms with van der Waals surface area (Å²) in [5.74, 6) is 0.639. The standard InChI is InChI=1S/C21H20N6O2/c1-26-20(28)11-17(14-4-6-22-7-5-14)25-21(26)27-8-9-29-19(12-27)15-2-3-16-18(10-15)24-13-23-16/h2-7,10-11,13,19H,8-9,12H2,1H3,(H,23,24). The van der Waals surface area contributed by atoms with Crippen LogP contribution in [-0.4, -0.2) is 44.2 Å². The van der Waals surface area contributed by atoms with E-state index in [2.05, 4.69) is 25.9 Å². The van der Waals surface area contributed by atoms with Gasteiger partial charge in [0.05, 0.1) is 36.2 Å². The van der Waals surface area contributed by atoms with Crippen LogP contribution in [0.1, 0.15) is 11.7 Å².